The largest absolute Gasteiger partial charge is 0.366 e. The number of nitrogens with one attached hydrogen (secondary N) is 2. The van der Waals surface area contributed by atoms with E-state index in [9.17, 15) is 8.78 Å². The van der Waals surface area contributed by atoms with E-state index in [1.165, 1.54) is 0 Å². The number of halogens is 2. The monoisotopic (exact) mass is 208 g/mol. The molecule has 2 N–H and O–H groups in total. The Balaban J connectivity index is 2.62. The average molecular weight is 208 g/mol. The van der Waals surface area contributed by atoms with Gasteiger partial charge in [-0.2, -0.15) is 0 Å². The molecule has 0 unspecified atom stereocenters. The number of rotatable bonds is 2. The van der Waals surface area contributed by atoms with Gasteiger partial charge >= 0.3 is 0 Å². The lowest BCUT2D eigenvalue weighted by atomic mass is 9.99. The number of hydrogen-bond donors (Lipinski definition) is 2. The molecule has 0 bridgehead atoms. The summed E-state index contributed by atoms with van der Waals surface area (Å²) in [5.41, 5.74) is -1.07. The van der Waals surface area contributed by atoms with Crippen molar-refractivity contribution < 1.29 is 8.78 Å². The van der Waals surface area contributed by atoms with Gasteiger partial charge in [0.2, 0.25) is 0 Å². The van der Waals surface area contributed by atoms with Gasteiger partial charge in [0.25, 0.3) is 6.43 Å². The molecule has 0 heterocycles. The summed E-state index contributed by atoms with van der Waals surface area (Å²) in [5, 5.41) is 5.68. The van der Waals surface area contributed by atoms with Crippen LogP contribution < -0.4 is 10.6 Å². The summed E-state index contributed by atoms with van der Waals surface area (Å²) in [7, 11) is 1.63. The minimum absolute atomic E-state index is 0.308. The third-order valence-corrected chi connectivity index (χ3v) is 2.81. The topological polar surface area (TPSA) is 24.1 Å². The van der Waals surface area contributed by atoms with Gasteiger partial charge in [0.15, 0.2) is 5.11 Å². The van der Waals surface area contributed by atoms with E-state index in [-0.39, 0.29) is 0 Å². The lowest BCUT2D eigenvalue weighted by Crippen LogP contribution is -2.54. The van der Waals surface area contributed by atoms with E-state index in [0.717, 1.165) is 12.8 Å². The van der Waals surface area contributed by atoms with Gasteiger partial charge in [-0.15, -0.1) is 0 Å². The van der Waals surface area contributed by atoms with Crippen LogP contribution in [0.2, 0.25) is 0 Å². The molecule has 1 rings (SSSR count). The van der Waals surface area contributed by atoms with Crippen molar-refractivity contribution in [2.75, 3.05) is 7.05 Å². The summed E-state index contributed by atoms with van der Waals surface area (Å²) in [6.07, 6.45) is 0.369. The molecule has 1 saturated carbocycles. The smallest absolute Gasteiger partial charge is 0.261 e. The molecule has 1 aliphatic rings. The summed E-state index contributed by atoms with van der Waals surface area (Å²) >= 11 is 4.83. The molecular formula is C8H14F2N2S. The maximum absolute atomic E-state index is 12.7. The Morgan fingerprint density at radius 1 is 1.38 bits per heavy atom. The Labute approximate surface area is 82.1 Å². The zero-order valence-electron chi connectivity index (χ0n) is 7.57. The fraction of sp³-hybridized carbons (Fsp3) is 0.875. The van der Waals surface area contributed by atoms with Crippen LogP contribution in [-0.4, -0.2) is 24.1 Å². The highest BCUT2D eigenvalue weighted by molar-refractivity contribution is 7.80. The second-order valence-electron chi connectivity index (χ2n) is 3.37. The second-order valence-corrected chi connectivity index (χ2v) is 3.78. The predicted octanol–water partition coefficient (Wildman–Crippen LogP) is 1.66. The molecule has 2 nitrogen and oxygen atoms in total. The molecule has 0 amide bonds. The van der Waals surface area contributed by atoms with Crippen molar-refractivity contribution in [2.45, 2.75) is 37.6 Å². The van der Waals surface area contributed by atoms with Crippen molar-refractivity contribution in [3.63, 3.8) is 0 Å². The first-order valence-corrected chi connectivity index (χ1v) is 4.79. The molecule has 0 aliphatic heterocycles. The van der Waals surface area contributed by atoms with Crippen LogP contribution in [0.3, 0.4) is 0 Å². The molecule has 0 radical (unpaired) electrons. The third kappa shape index (κ3) is 2.27. The Kier molecular flexibility index (Phi) is 3.41. The highest BCUT2D eigenvalue weighted by atomic mass is 32.1. The Bertz CT molecular complexity index is 191. The molecule has 1 aliphatic carbocycles. The summed E-state index contributed by atoms with van der Waals surface area (Å²) < 4.78 is 25.5. The van der Waals surface area contributed by atoms with Gasteiger partial charge in [-0.25, -0.2) is 8.78 Å². The highest BCUT2D eigenvalue weighted by Crippen LogP contribution is 2.34. The van der Waals surface area contributed by atoms with Gasteiger partial charge in [0.1, 0.15) is 5.54 Å². The minimum atomic E-state index is -2.35. The maximum Gasteiger partial charge on any atom is 0.261 e. The molecule has 5 heteroatoms. The van der Waals surface area contributed by atoms with Crippen LogP contribution in [0, 0.1) is 0 Å². The molecule has 76 valence electrons. The predicted molar refractivity (Wildman–Crippen MR) is 52.0 cm³/mol. The van der Waals surface area contributed by atoms with Crippen molar-refractivity contribution in [2.24, 2.45) is 0 Å². The number of alkyl halides is 2. The number of thiocarbonyl (C=S) groups is 1. The van der Waals surface area contributed by atoms with Gasteiger partial charge in [-0.05, 0) is 25.1 Å². The van der Waals surface area contributed by atoms with E-state index in [2.05, 4.69) is 10.6 Å². The standard InChI is InChI=1S/C8H14F2N2S/c1-11-7(13)12-8(6(9)10)4-2-3-5-8/h6H,2-5H2,1H3,(H2,11,12,13). The van der Waals surface area contributed by atoms with Crippen molar-refractivity contribution in [1.82, 2.24) is 10.6 Å². The second kappa shape index (κ2) is 4.17. The first kappa shape index (κ1) is 10.6. The van der Waals surface area contributed by atoms with Crippen LogP contribution >= 0.6 is 12.2 Å². The summed E-state index contributed by atoms with van der Waals surface area (Å²) in [5.74, 6) is 0. The van der Waals surface area contributed by atoms with Gasteiger partial charge in [-0.3, -0.25) is 0 Å². The molecular weight excluding hydrogens is 194 g/mol. The zero-order chi connectivity index (χ0) is 9.90. The Morgan fingerprint density at radius 3 is 2.31 bits per heavy atom. The average Bonchev–Trinajstić information content (AvgIpc) is 2.54. The molecule has 0 saturated heterocycles. The normalized spacial score (nSPS) is 20.3. The minimum Gasteiger partial charge on any atom is -0.366 e. The van der Waals surface area contributed by atoms with E-state index in [0.29, 0.717) is 18.0 Å². The molecule has 0 aromatic heterocycles. The fourth-order valence-corrected chi connectivity index (χ4v) is 1.90. The van der Waals surface area contributed by atoms with Crippen molar-refractivity contribution in [1.29, 1.82) is 0 Å². The SMILES string of the molecule is CNC(=S)NC1(C(F)F)CCCC1. The summed E-state index contributed by atoms with van der Waals surface area (Å²) in [6.45, 7) is 0. The van der Waals surface area contributed by atoms with Crippen LogP contribution in [0.1, 0.15) is 25.7 Å². The van der Waals surface area contributed by atoms with E-state index in [4.69, 9.17) is 12.2 Å². The molecule has 0 aromatic carbocycles. The van der Waals surface area contributed by atoms with Crippen molar-refractivity contribution in [3.05, 3.63) is 0 Å². The van der Waals surface area contributed by atoms with Crippen LogP contribution in [0.25, 0.3) is 0 Å². The summed E-state index contributed by atoms with van der Waals surface area (Å²) in [6, 6.07) is 0. The fourth-order valence-electron chi connectivity index (χ4n) is 1.69. The van der Waals surface area contributed by atoms with Crippen molar-refractivity contribution >= 4 is 17.3 Å². The number of hydrogen-bond acceptors (Lipinski definition) is 1. The quantitative estimate of drug-likeness (QED) is 0.675. The van der Waals surface area contributed by atoms with Crippen LogP contribution in [0.5, 0.6) is 0 Å². The van der Waals surface area contributed by atoms with Gasteiger partial charge in [-0.1, -0.05) is 12.8 Å². The van der Waals surface area contributed by atoms with Crippen LogP contribution in [0.15, 0.2) is 0 Å². The summed E-state index contributed by atoms with van der Waals surface area (Å²) in [4.78, 5) is 0. The van der Waals surface area contributed by atoms with Gasteiger partial charge < -0.3 is 10.6 Å². The van der Waals surface area contributed by atoms with Crippen LogP contribution in [-0.2, 0) is 0 Å². The lowest BCUT2D eigenvalue weighted by molar-refractivity contribution is 0.0450. The molecule has 0 spiro atoms. The first-order chi connectivity index (χ1) is 6.10. The molecule has 0 aromatic rings. The maximum atomic E-state index is 12.7. The molecule has 13 heavy (non-hydrogen) atoms. The van der Waals surface area contributed by atoms with Gasteiger partial charge in [0, 0.05) is 7.05 Å². The lowest BCUT2D eigenvalue weighted by Gasteiger charge is -2.30. The molecule has 0 atom stereocenters. The first-order valence-electron chi connectivity index (χ1n) is 4.39. The van der Waals surface area contributed by atoms with E-state index >= 15 is 0 Å². The molecule has 1 fully saturated rings. The highest BCUT2D eigenvalue weighted by Gasteiger charge is 2.42. The van der Waals surface area contributed by atoms with Crippen molar-refractivity contribution in [3.8, 4) is 0 Å². The third-order valence-electron chi connectivity index (χ3n) is 2.50. The van der Waals surface area contributed by atoms with Crippen LogP contribution in [0.4, 0.5) is 8.78 Å². The van der Waals surface area contributed by atoms with E-state index < -0.39 is 12.0 Å². The zero-order valence-corrected chi connectivity index (χ0v) is 8.39. The van der Waals surface area contributed by atoms with E-state index in [1.807, 2.05) is 0 Å². The Hall–Kier alpha value is -0.450. The Morgan fingerprint density at radius 2 is 1.92 bits per heavy atom. The van der Waals surface area contributed by atoms with E-state index in [1.54, 1.807) is 7.05 Å². The van der Waals surface area contributed by atoms with Gasteiger partial charge in [0.05, 0.1) is 0 Å².